The fraction of sp³-hybridized carbons (Fsp3) is 0.357. The maximum absolute atomic E-state index is 10.8. The molecule has 5 heteroatoms. The Labute approximate surface area is 121 Å². The van der Waals surface area contributed by atoms with E-state index in [1.807, 2.05) is 25.1 Å². The number of terminal acetylenes is 1. The van der Waals surface area contributed by atoms with Crippen molar-refractivity contribution in [1.29, 1.82) is 0 Å². The molecule has 1 unspecified atom stereocenters. The fourth-order valence-corrected chi connectivity index (χ4v) is 2.01. The number of rotatable bonds is 7. The Kier molecular flexibility index (Phi) is 6.40. The lowest BCUT2D eigenvalue weighted by atomic mass is 10.1. The van der Waals surface area contributed by atoms with Gasteiger partial charge in [0.1, 0.15) is 12.4 Å². The van der Waals surface area contributed by atoms with Gasteiger partial charge in [0.15, 0.2) is 0 Å². The highest BCUT2D eigenvalue weighted by molar-refractivity contribution is 9.10. The van der Waals surface area contributed by atoms with Crippen molar-refractivity contribution < 1.29 is 9.53 Å². The molecule has 0 fully saturated rings. The first-order valence-electron chi connectivity index (χ1n) is 5.89. The van der Waals surface area contributed by atoms with Crippen LogP contribution in [0.2, 0.25) is 0 Å². The van der Waals surface area contributed by atoms with E-state index >= 15 is 0 Å². The van der Waals surface area contributed by atoms with Gasteiger partial charge in [0, 0.05) is 29.0 Å². The van der Waals surface area contributed by atoms with Crippen LogP contribution in [0.3, 0.4) is 0 Å². The largest absolute Gasteiger partial charge is 0.481 e. The van der Waals surface area contributed by atoms with Crippen LogP contribution in [0.25, 0.3) is 0 Å². The molecule has 1 aromatic rings. The summed E-state index contributed by atoms with van der Waals surface area (Å²) in [6, 6.07) is 5.71. The second kappa shape index (κ2) is 7.82. The normalized spacial score (nSPS) is 11.6. The molecule has 0 heterocycles. The first-order chi connectivity index (χ1) is 9.02. The zero-order chi connectivity index (χ0) is 14.3. The third-order valence-corrected chi connectivity index (χ3v) is 2.98. The molecule has 3 N–H and O–H groups in total. The smallest absolute Gasteiger partial charge is 0.218 e. The maximum Gasteiger partial charge on any atom is 0.218 e. The number of nitrogens with two attached hydrogens (primary N) is 1. The van der Waals surface area contributed by atoms with Crippen LogP contribution in [0, 0.1) is 12.3 Å². The topological polar surface area (TPSA) is 64.3 Å². The van der Waals surface area contributed by atoms with E-state index in [0.29, 0.717) is 13.0 Å². The van der Waals surface area contributed by atoms with Crippen LogP contribution < -0.4 is 15.8 Å². The summed E-state index contributed by atoms with van der Waals surface area (Å²) in [4.78, 5) is 10.8. The van der Waals surface area contributed by atoms with Crippen molar-refractivity contribution in [3.63, 3.8) is 0 Å². The molecule has 4 nitrogen and oxygen atoms in total. The molecule has 0 bridgehead atoms. The molecule has 0 aliphatic carbocycles. The first-order valence-corrected chi connectivity index (χ1v) is 6.68. The van der Waals surface area contributed by atoms with Crippen molar-refractivity contribution in [2.24, 2.45) is 5.73 Å². The number of ether oxygens (including phenoxy) is 1. The molecule has 0 aliphatic rings. The van der Waals surface area contributed by atoms with E-state index in [1.54, 1.807) is 0 Å². The van der Waals surface area contributed by atoms with Crippen LogP contribution in [-0.4, -0.2) is 18.6 Å². The molecule has 0 radical (unpaired) electrons. The van der Waals surface area contributed by atoms with Crippen molar-refractivity contribution >= 4 is 21.8 Å². The lowest BCUT2D eigenvalue weighted by Gasteiger charge is -2.15. The lowest BCUT2D eigenvalue weighted by molar-refractivity contribution is -0.118. The molecule has 1 atom stereocenters. The third-order valence-electron chi connectivity index (χ3n) is 2.48. The number of halogens is 1. The molecule has 102 valence electrons. The average Bonchev–Trinajstić information content (AvgIpc) is 2.34. The Morgan fingerprint density at radius 2 is 2.37 bits per heavy atom. The van der Waals surface area contributed by atoms with E-state index in [0.717, 1.165) is 15.8 Å². The van der Waals surface area contributed by atoms with Gasteiger partial charge in [-0.1, -0.05) is 21.9 Å². The highest BCUT2D eigenvalue weighted by Gasteiger charge is 2.08. The zero-order valence-corrected chi connectivity index (χ0v) is 12.4. The number of nitrogens with one attached hydrogen (secondary N) is 1. The van der Waals surface area contributed by atoms with Crippen LogP contribution >= 0.6 is 15.9 Å². The minimum atomic E-state index is -0.321. The van der Waals surface area contributed by atoms with Crippen molar-refractivity contribution in [1.82, 2.24) is 5.32 Å². The van der Waals surface area contributed by atoms with Gasteiger partial charge in [-0.3, -0.25) is 4.79 Å². The monoisotopic (exact) mass is 324 g/mol. The lowest BCUT2D eigenvalue weighted by Crippen LogP contribution is -2.30. The molecule has 1 rings (SSSR count). The molecule has 1 aromatic carbocycles. The average molecular weight is 325 g/mol. The second-order valence-electron chi connectivity index (χ2n) is 4.20. The van der Waals surface area contributed by atoms with Gasteiger partial charge in [0.25, 0.3) is 0 Å². The van der Waals surface area contributed by atoms with Crippen molar-refractivity contribution in [2.45, 2.75) is 25.9 Å². The van der Waals surface area contributed by atoms with Crippen molar-refractivity contribution in [3.8, 4) is 18.1 Å². The van der Waals surface area contributed by atoms with E-state index in [2.05, 4.69) is 27.2 Å². The maximum atomic E-state index is 10.8. The summed E-state index contributed by atoms with van der Waals surface area (Å²) in [7, 11) is 0. The van der Waals surface area contributed by atoms with Gasteiger partial charge in [-0.25, -0.2) is 0 Å². The van der Waals surface area contributed by atoms with Crippen LogP contribution in [0.4, 0.5) is 0 Å². The van der Waals surface area contributed by atoms with Crippen molar-refractivity contribution in [2.75, 3.05) is 6.61 Å². The van der Waals surface area contributed by atoms with Gasteiger partial charge >= 0.3 is 0 Å². The highest BCUT2D eigenvalue weighted by Crippen LogP contribution is 2.23. The molecule has 19 heavy (non-hydrogen) atoms. The molecular formula is C14H17BrN2O2. The number of hydrogen-bond donors (Lipinski definition) is 2. The Morgan fingerprint density at radius 1 is 1.63 bits per heavy atom. The van der Waals surface area contributed by atoms with Crippen molar-refractivity contribution in [3.05, 3.63) is 28.2 Å². The Bertz CT molecular complexity index is 483. The first kappa shape index (κ1) is 15.5. The minimum Gasteiger partial charge on any atom is -0.481 e. The number of carbonyl (C=O) groups is 1. The van der Waals surface area contributed by atoms with Crippen LogP contribution in [0.5, 0.6) is 5.75 Å². The Morgan fingerprint density at radius 3 is 3.00 bits per heavy atom. The molecule has 0 saturated carbocycles. The van der Waals surface area contributed by atoms with Crippen LogP contribution in [0.1, 0.15) is 18.9 Å². The molecular weight excluding hydrogens is 308 g/mol. The molecule has 0 aromatic heterocycles. The predicted molar refractivity (Wildman–Crippen MR) is 78.6 cm³/mol. The van der Waals surface area contributed by atoms with Crippen LogP contribution in [0.15, 0.2) is 22.7 Å². The summed E-state index contributed by atoms with van der Waals surface area (Å²) >= 11 is 3.41. The van der Waals surface area contributed by atoms with Crippen LogP contribution in [-0.2, 0) is 11.3 Å². The van der Waals surface area contributed by atoms with Gasteiger partial charge in [-0.15, -0.1) is 6.42 Å². The molecule has 1 amide bonds. The number of carbonyl (C=O) groups excluding carboxylic acids is 1. The molecule has 0 saturated heterocycles. The SMILES string of the molecule is C#CCOc1ccc(Br)cc1CNC(C)CC(N)=O. The summed E-state index contributed by atoms with van der Waals surface area (Å²) in [5, 5.41) is 3.22. The highest BCUT2D eigenvalue weighted by atomic mass is 79.9. The third kappa shape index (κ3) is 5.77. The standard InChI is InChI=1S/C14H17BrN2O2/c1-3-6-19-13-5-4-12(15)8-11(13)9-17-10(2)7-14(16)18/h1,4-5,8,10,17H,6-7,9H2,2H3,(H2,16,18). The van der Waals surface area contributed by atoms with E-state index in [1.165, 1.54) is 0 Å². The predicted octanol–water partition coefficient (Wildman–Crippen LogP) is 1.81. The number of primary amides is 1. The minimum absolute atomic E-state index is 0.0111. The number of hydrogen-bond acceptors (Lipinski definition) is 3. The van der Waals surface area contributed by atoms with E-state index < -0.39 is 0 Å². The van der Waals surface area contributed by atoms with Gasteiger partial charge in [-0.05, 0) is 25.1 Å². The summed E-state index contributed by atoms with van der Waals surface area (Å²) in [5.41, 5.74) is 6.12. The van der Waals surface area contributed by atoms with E-state index in [-0.39, 0.29) is 18.6 Å². The summed E-state index contributed by atoms with van der Waals surface area (Å²) in [6.07, 6.45) is 5.48. The summed E-state index contributed by atoms with van der Waals surface area (Å²) in [6.45, 7) is 2.71. The van der Waals surface area contributed by atoms with E-state index in [4.69, 9.17) is 16.9 Å². The van der Waals surface area contributed by atoms with Gasteiger partial charge in [0.05, 0.1) is 0 Å². The van der Waals surface area contributed by atoms with E-state index in [9.17, 15) is 4.79 Å². The Hall–Kier alpha value is -1.51. The second-order valence-corrected chi connectivity index (χ2v) is 5.11. The van der Waals surface area contributed by atoms with Gasteiger partial charge in [-0.2, -0.15) is 0 Å². The number of benzene rings is 1. The zero-order valence-electron chi connectivity index (χ0n) is 10.8. The molecule has 0 aliphatic heterocycles. The summed E-state index contributed by atoms with van der Waals surface area (Å²) in [5.74, 6) is 2.85. The van der Waals surface area contributed by atoms with Gasteiger partial charge in [0.2, 0.25) is 5.91 Å². The Balaban J connectivity index is 2.67. The summed E-state index contributed by atoms with van der Waals surface area (Å²) < 4.78 is 6.42. The fourth-order valence-electron chi connectivity index (χ4n) is 1.60. The molecule has 0 spiro atoms. The number of amides is 1. The van der Waals surface area contributed by atoms with Gasteiger partial charge < -0.3 is 15.8 Å². The quantitative estimate of drug-likeness (QED) is 0.752.